The van der Waals surface area contributed by atoms with E-state index in [1.165, 1.54) is 12.1 Å². The highest BCUT2D eigenvalue weighted by molar-refractivity contribution is 5.90. The van der Waals surface area contributed by atoms with Gasteiger partial charge in [0.25, 0.3) is 0 Å². The highest BCUT2D eigenvalue weighted by Crippen LogP contribution is 2.45. The number of halogens is 1. The summed E-state index contributed by atoms with van der Waals surface area (Å²) in [5, 5.41) is 10.4. The van der Waals surface area contributed by atoms with Gasteiger partial charge >= 0.3 is 5.97 Å². The molecule has 0 aliphatic carbocycles. The van der Waals surface area contributed by atoms with Crippen LogP contribution in [0.1, 0.15) is 76.1 Å². The molecule has 2 aromatic carbocycles. The van der Waals surface area contributed by atoms with Crippen molar-refractivity contribution < 1.29 is 23.8 Å². The van der Waals surface area contributed by atoms with Gasteiger partial charge in [-0.25, -0.2) is 9.18 Å². The van der Waals surface area contributed by atoms with Gasteiger partial charge in [-0.2, -0.15) is 0 Å². The Morgan fingerprint density at radius 3 is 2.29 bits per heavy atom. The molecule has 1 fully saturated rings. The maximum absolute atomic E-state index is 13.2. The molecule has 1 aliphatic rings. The van der Waals surface area contributed by atoms with Gasteiger partial charge in [0.15, 0.2) is 6.10 Å². The number of pyridine rings is 1. The fourth-order valence-electron chi connectivity index (χ4n) is 5.38. The second kappa shape index (κ2) is 12.7. The number of carbonyl (C=O) groups is 1. The molecule has 0 radical (unpaired) electrons. The molecule has 6 nitrogen and oxygen atoms in total. The number of hydrogen-bond donors (Lipinski definition) is 1. The van der Waals surface area contributed by atoms with Crippen molar-refractivity contribution in [1.29, 1.82) is 0 Å². The van der Waals surface area contributed by atoms with Gasteiger partial charge in [-0.05, 0) is 87.4 Å². The van der Waals surface area contributed by atoms with Crippen molar-refractivity contribution in [1.82, 2.24) is 4.98 Å². The van der Waals surface area contributed by atoms with E-state index in [-0.39, 0.29) is 11.2 Å². The standard InChI is InChI=1S/C35H43FN2O4/c1-8-28-30(25-11-15-27(16-12-25)41-22-17-24-9-13-26(36)14-10-24)31(38-20-18-35(6,7)19-21-38)29(23(2)37-28)32(33(39)40)42-34(3,4)5/h8-16,32H,1,17-22H2,2-7H3,(H,39,40). The van der Waals surface area contributed by atoms with E-state index in [0.29, 0.717) is 35.7 Å². The summed E-state index contributed by atoms with van der Waals surface area (Å²) in [6, 6.07) is 14.2. The summed E-state index contributed by atoms with van der Waals surface area (Å²) in [6.07, 6.45) is 3.17. The Balaban J connectivity index is 1.75. The van der Waals surface area contributed by atoms with E-state index in [9.17, 15) is 14.3 Å². The molecule has 3 aromatic rings. The van der Waals surface area contributed by atoms with Gasteiger partial charge in [0.2, 0.25) is 0 Å². The lowest BCUT2D eigenvalue weighted by molar-refractivity contribution is -0.160. The molecular formula is C35H43FN2O4. The number of anilines is 1. The molecule has 1 atom stereocenters. The Kier molecular flexibility index (Phi) is 9.41. The molecule has 0 saturated carbocycles. The van der Waals surface area contributed by atoms with Crippen molar-refractivity contribution in [2.24, 2.45) is 5.41 Å². The van der Waals surface area contributed by atoms with Crippen LogP contribution in [-0.4, -0.2) is 41.4 Å². The molecule has 2 heterocycles. The Labute approximate surface area is 249 Å². The monoisotopic (exact) mass is 574 g/mol. The first-order chi connectivity index (χ1) is 19.8. The predicted octanol–water partition coefficient (Wildman–Crippen LogP) is 8.03. The zero-order valence-corrected chi connectivity index (χ0v) is 25.7. The van der Waals surface area contributed by atoms with Crippen LogP contribution < -0.4 is 9.64 Å². The number of nitrogens with zero attached hydrogens (tertiary/aromatic N) is 2. The third kappa shape index (κ3) is 7.57. The average molecular weight is 575 g/mol. The molecule has 224 valence electrons. The first-order valence-electron chi connectivity index (χ1n) is 14.6. The fourth-order valence-corrected chi connectivity index (χ4v) is 5.38. The minimum atomic E-state index is -1.19. The molecule has 1 aromatic heterocycles. The van der Waals surface area contributed by atoms with Crippen LogP contribution in [0.3, 0.4) is 0 Å². The largest absolute Gasteiger partial charge is 0.493 e. The molecule has 1 saturated heterocycles. The van der Waals surface area contributed by atoms with Gasteiger partial charge in [0.05, 0.1) is 23.6 Å². The van der Waals surface area contributed by atoms with Gasteiger partial charge in [-0.15, -0.1) is 0 Å². The zero-order chi connectivity index (χ0) is 30.7. The number of rotatable bonds is 10. The lowest BCUT2D eigenvalue weighted by atomic mass is 9.81. The number of benzene rings is 2. The van der Waals surface area contributed by atoms with Gasteiger partial charge in [-0.1, -0.05) is 44.7 Å². The molecule has 0 spiro atoms. The predicted molar refractivity (Wildman–Crippen MR) is 167 cm³/mol. The number of carboxylic acid groups (broad SMARTS) is 1. The third-order valence-corrected chi connectivity index (χ3v) is 7.73. The second-order valence-electron chi connectivity index (χ2n) is 12.8. The summed E-state index contributed by atoms with van der Waals surface area (Å²) in [4.78, 5) is 19.9. The third-order valence-electron chi connectivity index (χ3n) is 7.73. The Bertz CT molecular complexity index is 1400. The van der Waals surface area contributed by atoms with Crippen molar-refractivity contribution in [3.63, 3.8) is 0 Å². The minimum absolute atomic E-state index is 0.210. The fraction of sp³-hybridized carbons (Fsp3) is 0.429. The quantitative estimate of drug-likeness (QED) is 0.264. The SMILES string of the molecule is C=Cc1nc(C)c(C(OC(C)(C)C)C(=O)O)c(N2CCC(C)(C)CC2)c1-c1ccc(OCCc2ccc(F)cc2)cc1. The maximum atomic E-state index is 13.2. The van der Waals surface area contributed by atoms with Crippen LogP contribution in [0.4, 0.5) is 10.1 Å². The molecule has 42 heavy (non-hydrogen) atoms. The van der Waals surface area contributed by atoms with E-state index in [1.807, 2.05) is 52.0 Å². The number of ether oxygens (including phenoxy) is 2. The molecule has 1 N–H and O–H groups in total. The summed E-state index contributed by atoms with van der Waals surface area (Å²) in [7, 11) is 0. The summed E-state index contributed by atoms with van der Waals surface area (Å²) in [5.41, 5.74) is 5.00. The number of carboxylic acids is 1. The molecule has 1 unspecified atom stereocenters. The van der Waals surface area contributed by atoms with Crippen molar-refractivity contribution >= 4 is 17.7 Å². The smallest absolute Gasteiger partial charge is 0.337 e. The van der Waals surface area contributed by atoms with Crippen LogP contribution >= 0.6 is 0 Å². The van der Waals surface area contributed by atoms with E-state index < -0.39 is 17.7 Å². The van der Waals surface area contributed by atoms with E-state index in [1.54, 1.807) is 18.2 Å². The minimum Gasteiger partial charge on any atom is -0.493 e. The number of piperidine rings is 1. The van der Waals surface area contributed by atoms with Crippen LogP contribution in [0.15, 0.2) is 55.1 Å². The number of aliphatic carboxylic acids is 1. The van der Waals surface area contributed by atoms with Gasteiger partial charge in [0.1, 0.15) is 11.6 Å². The first kappa shape index (κ1) is 31.2. The van der Waals surface area contributed by atoms with E-state index in [4.69, 9.17) is 14.5 Å². The van der Waals surface area contributed by atoms with Crippen molar-refractivity contribution in [2.45, 2.75) is 72.5 Å². The highest BCUT2D eigenvalue weighted by atomic mass is 19.1. The summed E-state index contributed by atoms with van der Waals surface area (Å²) < 4.78 is 25.4. The lowest BCUT2D eigenvalue weighted by Gasteiger charge is -2.41. The summed E-state index contributed by atoms with van der Waals surface area (Å²) in [6.45, 7) is 18.1. The average Bonchev–Trinajstić information content (AvgIpc) is 2.92. The molecule has 4 rings (SSSR count). The van der Waals surface area contributed by atoms with E-state index in [0.717, 1.165) is 48.3 Å². The zero-order valence-electron chi connectivity index (χ0n) is 25.7. The van der Waals surface area contributed by atoms with Gasteiger partial charge < -0.3 is 19.5 Å². The lowest BCUT2D eigenvalue weighted by Crippen LogP contribution is -2.39. The number of aryl methyl sites for hydroxylation is 1. The van der Waals surface area contributed by atoms with Crippen molar-refractivity contribution in [3.8, 4) is 16.9 Å². The van der Waals surface area contributed by atoms with Crippen molar-refractivity contribution in [2.75, 3.05) is 24.6 Å². The Morgan fingerprint density at radius 1 is 1.12 bits per heavy atom. The van der Waals surface area contributed by atoms with Gasteiger partial charge in [-0.3, -0.25) is 4.98 Å². The van der Waals surface area contributed by atoms with Crippen LogP contribution in [0.5, 0.6) is 5.75 Å². The normalized spacial score (nSPS) is 15.7. The van der Waals surface area contributed by atoms with Crippen LogP contribution in [0, 0.1) is 18.2 Å². The number of hydrogen-bond acceptors (Lipinski definition) is 5. The summed E-state index contributed by atoms with van der Waals surface area (Å²) in [5.74, 6) is -0.590. The van der Waals surface area contributed by atoms with Crippen molar-refractivity contribution in [3.05, 3.63) is 83.4 Å². The molecule has 7 heteroatoms. The van der Waals surface area contributed by atoms with Gasteiger partial charge in [0, 0.05) is 36.3 Å². The van der Waals surface area contributed by atoms with E-state index in [2.05, 4.69) is 25.3 Å². The topological polar surface area (TPSA) is 71.9 Å². The molecular weight excluding hydrogens is 531 g/mol. The Morgan fingerprint density at radius 2 is 1.74 bits per heavy atom. The van der Waals surface area contributed by atoms with Crippen LogP contribution in [-0.2, 0) is 16.0 Å². The van der Waals surface area contributed by atoms with Crippen LogP contribution in [0.2, 0.25) is 0 Å². The van der Waals surface area contributed by atoms with Crippen LogP contribution in [0.25, 0.3) is 17.2 Å². The first-order valence-corrected chi connectivity index (χ1v) is 14.6. The second-order valence-corrected chi connectivity index (χ2v) is 12.8. The number of aromatic nitrogens is 1. The summed E-state index contributed by atoms with van der Waals surface area (Å²) >= 11 is 0. The highest BCUT2D eigenvalue weighted by Gasteiger charge is 2.36. The maximum Gasteiger partial charge on any atom is 0.337 e. The molecule has 0 bridgehead atoms. The Hall–Kier alpha value is -3.71. The molecule has 1 aliphatic heterocycles. The molecule has 0 amide bonds. The van der Waals surface area contributed by atoms with E-state index >= 15 is 0 Å².